The Labute approximate surface area is 536 Å². The van der Waals surface area contributed by atoms with Crippen LogP contribution in [-0.4, -0.2) is 130 Å². The molecule has 24 nitrogen and oxygen atoms in total. The number of primary amides is 2. The topological polar surface area (TPSA) is 359 Å². The first-order valence-corrected chi connectivity index (χ1v) is 30.3. The molecule has 10 N–H and O–H groups in total. The van der Waals surface area contributed by atoms with Gasteiger partial charge in [0.15, 0.2) is 17.9 Å². The van der Waals surface area contributed by atoms with E-state index in [0.717, 1.165) is 31.3 Å². The first kappa shape index (κ1) is 69.5. The number of nitrogens with one attached hydrogen (secondary N) is 1. The predicted octanol–water partition coefficient (Wildman–Crippen LogP) is 8.64. The van der Waals surface area contributed by atoms with Crippen LogP contribution in [0.3, 0.4) is 0 Å². The number of phenolic OH excluding ortho intramolecular Hbond substituents is 1. The summed E-state index contributed by atoms with van der Waals surface area (Å²) in [7, 11) is -2.37. The molecule has 0 saturated carbocycles. The quantitative estimate of drug-likeness (QED) is 0.0536. The highest BCUT2D eigenvalue weighted by Crippen LogP contribution is 2.45. The minimum absolute atomic E-state index is 0.0112. The lowest BCUT2D eigenvalue weighted by Gasteiger charge is -2.32. The molecule has 3 aromatic carbocycles. The van der Waals surface area contributed by atoms with Gasteiger partial charge in [0.25, 0.3) is 11.8 Å². The normalized spacial score (nSPS) is 21.4. The van der Waals surface area contributed by atoms with Gasteiger partial charge in [0.1, 0.15) is 28.4 Å². The molecule has 0 aliphatic carbocycles. The van der Waals surface area contributed by atoms with E-state index in [2.05, 4.69) is 122 Å². The summed E-state index contributed by atoms with van der Waals surface area (Å²) in [6.07, 6.45) is 8.65. The fraction of sp³-hybridized carbons (Fsp3) is 0.441. The zero-order valence-electron chi connectivity index (χ0n) is 51.5. The summed E-state index contributed by atoms with van der Waals surface area (Å²) in [4.78, 5) is 33.2. The van der Waals surface area contributed by atoms with Crippen molar-refractivity contribution in [3.63, 3.8) is 0 Å². The zero-order chi connectivity index (χ0) is 65.5. The van der Waals surface area contributed by atoms with Gasteiger partial charge >= 0.3 is 28.5 Å². The molecule has 5 aromatic rings. The molecule has 2 aromatic heterocycles. The van der Waals surface area contributed by atoms with Gasteiger partial charge < -0.3 is 75.1 Å². The second-order valence-electron chi connectivity index (χ2n) is 24.0. The number of nitrogen functional groups attached to an aromatic ring is 1. The molecule has 470 valence electrons. The van der Waals surface area contributed by atoms with Gasteiger partial charge in [-0.15, -0.1) is 0 Å². The van der Waals surface area contributed by atoms with Crippen molar-refractivity contribution in [3.05, 3.63) is 115 Å². The number of ether oxygens (including phenoxy) is 2. The lowest BCUT2D eigenvalue weighted by molar-refractivity contribution is 0.00578. The molecule has 4 atom stereocenters. The van der Waals surface area contributed by atoms with E-state index in [1.165, 1.54) is 16.9 Å². The highest BCUT2D eigenvalue weighted by molar-refractivity contribution is 9.10. The van der Waals surface area contributed by atoms with Crippen LogP contribution in [-0.2, 0) is 28.1 Å². The second-order valence-corrected chi connectivity index (χ2v) is 25.9. The number of aromatic hydroxyl groups is 1. The van der Waals surface area contributed by atoms with Crippen molar-refractivity contribution in [2.45, 2.75) is 129 Å². The number of aldehydes is 1. The summed E-state index contributed by atoms with van der Waals surface area (Å²) in [5.41, 5.74) is 19.7. The van der Waals surface area contributed by atoms with Crippen LogP contribution >= 0.6 is 31.9 Å². The summed E-state index contributed by atoms with van der Waals surface area (Å²) in [6.45, 7) is 24.0. The Kier molecular flexibility index (Phi) is 22.6. The monoisotopic (exact) mass is 1350 g/mol. The third kappa shape index (κ3) is 16.7. The van der Waals surface area contributed by atoms with E-state index >= 15 is 0 Å². The maximum Gasteiger partial charge on any atom is 0.555 e. The number of aromatic nitrogens is 4. The molecule has 2 amide bonds. The van der Waals surface area contributed by atoms with E-state index in [9.17, 15) is 29.7 Å². The van der Waals surface area contributed by atoms with Gasteiger partial charge in [0, 0.05) is 57.1 Å². The number of phenols is 1. The number of amides is 2. The third-order valence-electron chi connectivity index (χ3n) is 16.5. The molecule has 11 rings (SSSR count). The van der Waals surface area contributed by atoms with E-state index in [1.54, 1.807) is 42.1 Å². The fourth-order valence-corrected chi connectivity index (χ4v) is 10.4. The summed E-state index contributed by atoms with van der Waals surface area (Å²) < 4.78 is 50.7. The number of fused-ring (bicyclic) bond motifs is 2. The van der Waals surface area contributed by atoms with Crippen molar-refractivity contribution in [1.29, 1.82) is 10.5 Å². The summed E-state index contributed by atoms with van der Waals surface area (Å²) in [6, 6.07) is 19.7. The highest BCUT2D eigenvalue weighted by atomic mass is 79.9. The molecule has 89 heavy (non-hydrogen) atoms. The number of nitriles is 2. The summed E-state index contributed by atoms with van der Waals surface area (Å²) in [5.74, 6) is -0.00785. The number of carbonyl (C=O) groups is 3. The molecule has 0 bridgehead atoms. The standard InChI is InChI=1S/C19H20BN5O4.C14H28B2O4.C10H13N5O2.C9H8BBrO2.C7H5BrO2/c1-11-6-13-7-14(2-3-17(13)29-20(11)27)23-19-15(18(22)26)9-25(24-19)16-10-28-5-4-12(16)8-21;1-10(15-17-11(2,3)12(4,5)18-15)16-19-13(6,7)14(8,9)20-16;11-3-6-1-2-17-5-8(6)15-4-7(10(13)16)9(12)14-15;1-6-4-7-5-8(11)2-3-9(7)13-10(6)12;8-6-1-2-7(10)5(3-6)4-9/h2-3,6-7,9,12,16,27H,4-5,10H2,1H3,(H2,22,26)(H,23,24);10H,1-9H3;4,6,8H,1-2,5H2,(H2,12,14)(H2,13,16);2-5,12H,1H3;1-4,10H/t12-,16?;;6-,8?;;/m1.1../s1. The van der Waals surface area contributed by atoms with Gasteiger partial charge in [-0.05, 0) is 148 Å². The van der Waals surface area contributed by atoms with Crippen LogP contribution in [0.2, 0.25) is 5.72 Å². The van der Waals surface area contributed by atoms with Crippen LogP contribution in [0.25, 0.3) is 12.2 Å². The smallest absolute Gasteiger partial charge is 0.532 e. The summed E-state index contributed by atoms with van der Waals surface area (Å²) >= 11 is 6.55. The van der Waals surface area contributed by atoms with Gasteiger partial charge in [0.05, 0.1) is 77.2 Å². The average molecular weight is 1350 g/mol. The molecular weight excluding hydrogens is 1280 g/mol. The van der Waals surface area contributed by atoms with Gasteiger partial charge in [-0.2, -0.15) is 20.7 Å². The Morgan fingerprint density at radius 1 is 0.708 bits per heavy atom. The Morgan fingerprint density at radius 3 is 1.60 bits per heavy atom. The molecule has 0 radical (unpaired) electrons. The number of benzene rings is 3. The number of hydrogen-bond donors (Lipinski definition) is 7. The number of nitrogens with zero attached hydrogens (tertiary/aromatic N) is 6. The van der Waals surface area contributed by atoms with Crippen LogP contribution in [0, 0.1) is 34.5 Å². The van der Waals surface area contributed by atoms with Crippen LogP contribution in [0.5, 0.6) is 17.2 Å². The Bertz CT molecular complexity index is 3490. The molecule has 30 heteroatoms. The number of anilines is 3. The fourth-order valence-electron chi connectivity index (χ4n) is 9.60. The van der Waals surface area contributed by atoms with E-state index in [0.29, 0.717) is 73.8 Å². The van der Waals surface area contributed by atoms with Crippen LogP contribution in [0.15, 0.2) is 86.9 Å². The average Bonchev–Trinajstić information content (AvgIpc) is 1.81. The van der Waals surface area contributed by atoms with Crippen molar-refractivity contribution in [1.82, 2.24) is 19.6 Å². The lowest BCUT2D eigenvalue weighted by atomic mass is 9.53. The number of hydrogen-bond acceptors (Lipinski definition) is 20. The van der Waals surface area contributed by atoms with E-state index in [-0.39, 0.29) is 89.0 Å². The van der Waals surface area contributed by atoms with E-state index in [1.807, 2.05) is 43.3 Å². The third-order valence-corrected chi connectivity index (χ3v) is 17.5. The van der Waals surface area contributed by atoms with Crippen molar-refractivity contribution < 1.29 is 66.9 Å². The van der Waals surface area contributed by atoms with Crippen LogP contribution in [0.1, 0.15) is 143 Å². The predicted molar refractivity (Wildman–Crippen MR) is 344 cm³/mol. The van der Waals surface area contributed by atoms with E-state index < -0.39 is 26.1 Å². The van der Waals surface area contributed by atoms with Crippen molar-refractivity contribution in [2.75, 3.05) is 37.5 Å². The molecular formula is C59H74B4Br2N10O14. The molecule has 8 heterocycles. The van der Waals surface area contributed by atoms with Crippen LogP contribution < -0.4 is 31.8 Å². The molecule has 6 aliphatic rings. The Morgan fingerprint density at radius 2 is 1.15 bits per heavy atom. The van der Waals surface area contributed by atoms with Gasteiger partial charge in [-0.25, -0.2) is 0 Å². The minimum atomic E-state index is -0.954. The van der Waals surface area contributed by atoms with Gasteiger partial charge in [0.2, 0.25) is 0 Å². The van der Waals surface area contributed by atoms with Crippen molar-refractivity contribution in [3.8, 4) is 29.4 Å². The largest absolute Gasteiger partial charge is 0.555 e. The minimum Gasteiger partial charge on any atom is -0.532 e. The van der Waals surface area contributed by atoms with Crippen LogP contribution in [0.4, 0.5) is 17.3 Å². The van der Waals surface area contributed by atoms with Crippen molar-refractivity contribution >= 4 is 108 Å². The number of nitrogens with two attached hydrogens (primary N) is 3. The number of halogens is 2. The number of carbonyl (C=O) groups excluding carboxylic acids is 3. The molecule has 0 spiro atoms. The maximum atomic E-state index is 11.9. The maximum absolute atomic E-state index is 11.9. The first-order valence-electron chi connectivity index (χ1n) is 28.7. The van der Waals surface area contributed by atoms with Gasteiger partial charge in [-0.1, -0.05) is 50.9 Å². The Hall–Kier alpha value is -6.95. The number of rotatable bonds is 9. The lowest BCUT2D eigenvalue weighted by Crippen LogP contribution is -2.41. The zero-order valence-corrected chi connectivity index (χ0v) is 54.7. The second kappa shape index (κ2) is 28.9. The summed E-state index contributed by atoms with van der Waals surface area (Å²) in [5, 5.41) is 58.2. The van der Waals surface area contributed by atoms with Crippen molar-refractivity contribution in [2.24, 2.45) is 23.3 Å². The molecule has 6 aliphatic heterocycles. The highest BCUT2D eigenvalue weighted by Gasteiger charge is 2.60. The molecule has 4 saturated heterocycles. The van der Waals surface area contributed by atoms with E-state index in [4.69, 9.17) is 65.0 Å². The number of allylic oxidation sites excluding steroid dienone is 2. The molecule has 2 unspecified atom stereocenters. The SMILES string of the molecule is CC(B1OC(C)(C)C(C)(C)O1)B1OC(C)(C)C(C)(C)O1.CC1=Cc2cc(Br)ccc2OB1O.CC1=Cc2cc(Nc3nn(C4COCC[C@@H]4C#N)cc3C(N)=O)ccc2OB1O.N#C[C@H]1CCOCC1n1cc(C(N)=O)c(N)n1.O=Cc1cc(Br)ccc1O. The first-order chi connectivity index (χ1) is 41.8. The molecule has 4 fully saturated rings. The Balaban J connectivity index is 0.000000166. The van der Waals surface area contributed by atoms with Gasteiger partial charge in [-0.3, -0.25) is 23.7 Å².